The fourth-order valence-electron chi connectivity index (χ4n) is 3.73. The second-order valence-electron chi connectivity index (χ2n) is 7.87. The van der Waals surface area contributed by atoms with Crippen molar-refractivity contribution in [3.05, 3.63) is 83.0 Å². The zero-order valence-corrected chi connectivity index (χ0v) is 17.3. The van der Waals surface area contributed by atoms with Crippen molar-refractivity contribution in [3.63, 3.8) is 0 Å². The van der Waals surface area contributed by atoms with E-state index in [1.165, 1.54) is 5.56 Å². The third-order valence-electron chi connectivity index (χ3n) is 5.44. The number of hydrogen-bond donors (Lipinski definition) is 0. The number of rotatable bonds is 7. The first-order valence-corrected chi connectivity index (χ1v) is 10.4. The number of likely N-dealkylation sites (tertiary alicyclic amines) is 1. The van der Waals surface area contributed by atoms with Crippen LogP contribution in [-0.2, 0) is 29.2 Å². The van der Waals surface area contributed by atoms with E-state index in [1.54, 1.807) is 0 Å². The van der Waals surface area contributed by atoms with Gasteiger partial charge in [0.1, 0.15) is 6.61 Å². The Hall–Kier alpha value is -2.99. The predicted molar refractivity (Wildman–Crippen MR) is 113 cm³/mol. The van der Waals surface area contributed by atoms with Crippen molar-refractivity contribution in [2.45, 2.75) is 45.3 Å². The Balaban J connectivity index is 1.29. The van der Waals surface area contributed by atoms with Crippen molar-refractivity contribution in [3.8, 4) is 0 Å². The molecule has 6 heteroatoms. The standard InChI is InChI=1S/C24H27N3O3/c1-18-9-11-19(12-10-18)14-23(28)27-13-5-8-21(15-27)24-25-22(30-26-24)17-29-16-20-6-3-2-4-7-20/h2-4,6-7,9-12,21H,5,8,13-17H2,1H3. The number of piperidine rings is 1. The van der Waals surface area contributed by atoms with Crippen LogP contribution in [0, 0.1) is 6.92 Å². The lowest BCUT2D eigenvalue weighted by Gasteiger charge is -2.31. The van der Waals surface area contributed by atoms with Gasteiger partial charge >= 0.3 is 0 Å². The molecule has 0 bridgehead atoms. The molecule has 0 spiro atoms. The molecule has 156 valence electrons. The fourth-order valence-corrected chi connectivity index (χ4v) is 3.73. The van der Waals surface area contributed by atoms with Crippen LogP contribution in [0.5, 0.6) is 0 Å². The topological polar surface area (TPSA) is 68.5 Å². The van der Waals surface area contributed by atoms with Gasteiger partial charge in [-0.3, -0.25) is 4.79 Å². The summed E-state index contributed by atoms with van der Waals surface area (Å²) >= 11 is 0. The smallest absolute Gasteiger partial charge is 0.252 e. The molecule has 1 saturated heterocycles. The van der Waals surface area contributed by atoms with Gasteiger partial charge in [-0.05, 0) is 30.9 Å². The second kappa shape index (κ2) is 9.67. The van der Waals surface area contributed by atoms with Crippen molar-refractivity contribution in [1.29, 1.82) is 0 Å². The third-order valence-corrected chi connectivity index (χ3v) is 5.44. The van der Waals surface area contributed by atoms with Crippen LogP contribution in [0.3, 0.4) is 0 Å². The van der Waals surface area contributed by atoms with Crippen LogP contribution >= 0.6 is 0 Å². The lowest BCUT2D eigenvalue weighted by atomic mass is 9.96. The molecule has 2 heterocycles. The van der Waals surface area contributed by atoms with Gasteiger partial charge in [0.05, 0.1) is 13.0 Å². The lowest BCUT2D eigenvalue weighted by Crippen LogP contribution is -2.40. The number of amides is 1. The molecule has 0 aliphatic carbocycles. The minimum Gasteiger partial charge on any atom is -0.367 e. The lowest BCUT2D eigenvalue weighted by molar-refractivity contribution is -0.131. The SMILES string of the molecule is Cc1ccc(CC(=O)N2CCCC(c3noc(COCc4ccccc4)n3)C2)cc1. The van der Waals surface area contributed by atoms with Gasteiger partial charge in [0.15, 0.2) is 5.82 Å². The van der Waals surface area contributed by atoms with Crippen molar-refractivity contribution >= 4 is 5.91 Å². The molecule has 1 unspecified atom stereocenters. The molecule has 1 atom stereocenters. The van der Waals surface area contributed by atoms with Gasteiger partial charge in [0.2, 0.25) is 5.91 Å². The normalized spacial score (nSPS) is 16.6. The number of hydrogen-bond acceptors (Lipinski definition) is 5. The summed E-state index contributed by atoms with van der Waals surface area (Å²) in [5.41, 5.74) is 3.35. The van der Waals surface area contributed by atoms with Crippen molar-refractivity contribution in [1.82, 2.24) is 15.0 Å². The molecule has 2 aromatic carbocycles. The Kier molecular flexibility index (Phi) is 6.54. The van der Waals surface area contributed by atoms with Crippen molar-refractivity contribution < 1.29 is 14.1 Å². The highest BCUT2D eigenvalue weighted by Gasteiger charge is 2.28. The molecule has 1 aromatic heterocycles. The number of carbonyl (C=O) groups is 1. The fraction of sp³-hybridized carbons (Fsp3) is 0.375. The summed E-state index contributed by atoms with van der Waals surface area (Å²) in [6, 6.07) is 18.1. The molecule has 0 N–H and O–H groups in total. The summed E-state index contributed by atoms with van der Waals surface area (Å²) in [5, 5.41) is 4.15. The van der Waals surface area contributed by atoms with Gasteiger partial charge in [-0.2, -0.15) is 4.98 Å². The van der Waals surface area contributed by atoms with E-state index >= 15 is 0 Å². The minimum atomic E-state index is 0.104. The minimum absolute atomic E-state index is 0.104. The molecule has 1 amide bonds. The van der Waals surface area contributed by atoms with Crippen LogP contribution in [0.15, 0.2) is 59.1 Å². The van der Waals surface area contributed by atoms with E-state index in [9.17, 15) is 4.79 Å². The van der Waals surface area contributed by atoms with E-state index in [1.807, 2.05) is 66.4 Å². The largest absolute Gasteiger partial charge is 0.367 e. The third kappa shape index (κ3) is 5.33. The van der Waals surface area contributed by atoms with Crippen molar-refractivity contribution in [2.24, 2.45) is 0 Å². The summed E-state index contributed by atoms with van der Waals surface area (Å²) in [4.78, 5) is 19.2. The molecule has 4 rings (SSSR count). The average molecular weight is 405 g/mol. The quantitative estimate of drug-likeness (QED) is 0.593. The maximum Gasteiger partial charge on any atom is 0.252 e. The van der Waals surface area contributed by atoms with Crippen LogP contribution in [0.25, 0.3) is 0 Å². The molecule has 1 fully saturated rings. The summed E-state index contributed by atoms with van der Waals surface area (Å²) in [6.45, 7) is 4.25. The molecule has 30 heavy (non-hydrogen) atoms. The highest BCUT2D eigenvalue weighted by molar-refractivity contribution is 5.79. The van der Waals surface area contributed by atoms with Crippen LogP contribution in [0.1, 0.15) is 47.2 Å². The monoisotopic (exact) mass is 405 g/mol. The highest BCUT2D eigenvalue weighted by Crippen LogP contribution is 2.25. The van der Waals surface area contributed by atoms with Gasteiger partial charge in [0.25, 0.3) is 5.89 Å². The molecule has 0 radical (unpaired) electrons. The van der Waals surface area contributed by atoms with E-state index in [4.69, 9.17) is 9.26 Å². The second-order valence-corrected chi connectivity index (χ2v) is 7.87. The van der Waals surface area contributed by atoms with Crippen LogP contribution in [0.2, 0.25) is 0 Å². The first kappa shape index (κ1) is 20.3. The zero-order chi connectivity index (χ0) is 20.8. The van der Waals surface area contributed by atoms with E-state index in [0.717, 1.165) is 30.5 Å². The van der Waals surface area contributed by atoms with Gasteiger partial charge < -0.3 is 14.2 Å². The van der Waals surface area contributed by atoms with Crippen LogP contribution < -0.4 is 0 Å². The van der Waals surface area contributed by atoms with Crippen LogP contribution in [-0.4, -0.2) is 34.0 Å². The number of ether oxygens (including phenoxy) is 1. The Labute approximate surface area is 176 Å². The summed E-state index contributed by atoms with van der Waals surface area (Å²) in [7, 11) is 0. The zero-order valence-electron chi connectivity index (χ0n) is 17.3. The summed E-state index contributed by atoms with van der Waals surface area (Å²) in [5.74, 6) is 1.40. The van der Waals surface area contributed by atoms with Gasteiger partial charge in [0, 0.05) is 19.0 Å². The van der Waals surface area contributed by atoms with E-state index in [0.29, 0.717) is 31.3 Å². The van der Waals surface area contributed by atoms with Gasteiger partial charge in [-0.1, -0.05) is 65.3 Å². The number of aromatic nitrogens is 2. The first-order chi connectivity index (χ1) is 14.7. The number of benzene rings is 2. The number of carbonyl (C=O) groups excluding carboxylic acids is 1. The maximum absolute atomic E-state index is 12.8. The number of aryl methyl sites for hydroxylation is 1. The van der Waals surface area contributed by atoms with Gasteiger partial charge in [-0.25, -0.2) is 0 Å². The highest BCUT2D eigenvalue weighted by atomic mass is 16.5. The molecule has 1 aliphatic rings. The molecular weight excluding hydrogens is 378 g/mol. The molecule has 1 aliphatic heterocycles. The predicted octanol–water partition coefficient (Wildman–Crippen LogP) is 4.04. The Morgan fingerprint density at radius 2 is 1.90 bits per heavy atom. The Bertz CT molecular complexity index is 953. The van der Waals surface area contributed by atoms with E-state index in [-0.39, 0.29) is 18.4 Å². The van der Waals surface area contributed by atoms with Gasteiger partial charge in [-0.15, -0.1) is 0 Å². The number of nitrogens with zero attached hydrogens (tertiary/aromatic N) is 3. The maximum atomic E-state index is 12.8. The molecule has 6 nitrogen and oxygen atoms in total. The van der Waals surface area contributed by atoms with E-state index < -0.39 is 0 Å². The molecule has 3 aromatic rings. The summed E-state index contributed by atoms with van der Waals surface area (Å²) < 4.78 is 11.0. The van der Waals surface area contributed by atoms with Crippen molar-refractivity contribution in [2.75, 3.05) is 13.1 Å². The molecular formula is C24H27N3O3. The Morgan fingerprint density at radius 3 is 2.70 bits per heavy atom. The average Bonchev–Trinajstić information content (AvgIpc) is 3.25. The Morgan fingerprint density at radius 1 is 1.10 bits per heavy atom. The van der Waals surface area contributed by atoms with E-state index in [2.05, 4.69) is 10.1 Å². The van der Waals surface area contributed by atoms with Crippen LogP contribution in [0.4, 0.5) is 0 Å². The summed E-state index contributed by atoms with van der Waals surface area (Å²) in [6.07, 6.45) is 2.33. The molecule has 0 saturated carbocycles. The first-order valence-electron chi connectivity index (χ1n) is 10.4.